The highest BCUT2D eigenvalue weighted by Crippen LogP contribution is 2.29. The second kappa shape index (κ2) is 7.87. The maximum absolute atomic E-state index is 11.6. The number of carbonyl (C=O) groups excluding carboxylic acids is 1. The third kappa shape index (κ3) is 5.25. The molecule has 112 valence electrons. The number of benzene rings is 1. The van der Waals surface area contributed by atoms with Crippen LogP contribution in [0.5, 0.6) is 5.75 Å². The first-order chi connectivity index (χ1) is 10.2. The molecule has 1 fully saturated rings. The van der Waals surface area contributed by atoms with Crippen LogP contribution in [0.3, 0.4) is 0 Å². The number of ether oxygens (including phenoxy) is 1. The number of hydrogen-bond donors (Lipinski definition) is 2. The van der Waals surface area contributed by atoms with Crippen molar-refractivity contribution in [1.82, 2.24) is 10.6 Å². The number of nitrogens with zero attached hydrogens (tertiary/aromatic N) is 1. The van der Waals surface area contributed by atoms with Gasteiger partial charge in [-0.05, 0) is 18.9 Å². The molecule has 1 aliphatic rings. The Morgan fingerprint density at radius 1 is 1.48 bits per heavy atom. The van der Waals surface area contributed by atoms with Gasteiger partial charge >= 0.3 is 0 Å². The first-order valence-corrected chi connectivity index (χ1v) is 7.35. The molecule has 1 saturated carbocycles. The van der Waals surface area contributed by atoms with Gasteiger partial charge in [0.1, 0.15) is 5.75 Å². The van der Waals surface area contributed by atoms with Crippen LogP contribution in [-0.2, 0) is 11.3 Å². The van der Waals surface area contributed by atoms with Gasteiger partial charge in [0, 0.05) is 24.7 Å². The summed E-state index contributed by atoms with van der Waals surface area (Å²) in [5.41, 5.74) is 0.944. The predicted octanol–water partition coefficient (Wildman–Crippen LogP) is 2.00. The van der Waals surface area contributed by atoms with Gasteiger partial charge in [0.05, 0.1) is 17.5 Å². The van der Waals surface area contributed by atoms with E-state index in [0.717, 1.165) is 5.56 Å². The van der Waals surface area contributed by atoms with E-state index in [1.165, 1.54) is 12.8 Å². The van der Waals surface area contributed by atoms with Crippen molar-refractivity contribution in [2.24, 2.45) is 0 Å². The van der Waals surface area contributed by atoms with E-state index in [-0.39, 0.29) is 18.9 Å². The van der Waals surface area contributed by atoms with E-state index in [4.69, 9.17) is 21.6 Å². The average molecular weight is 308 g/mol. The van der Waals surface area contributed by atoms with Crippen LogP contribution in [0.4, 0.5) is 0 Å². The fourth-order valence-electron chi connectivity index (χ4n) is 1.84. The maximum Gasteiger partial charge on any atom is 0.257 e. The van der Waals surface area contributed by atoms with Crippen LogP contribution < -0.4 is 15.4 Å². The Labute approximate surface area is 129 Å². The summed E-state index contributed by atoms with van der Waals surface area (Å²) in [5.74, 6) is 0.286. The minimum absolute atomic E-state index is 0.106. The first-order valence-electron chi connectivity index (χ1n) is 6.98. The summed E-state index contributed by atoms with van der Waals surface area (Å²) in [4.78, 5) is 11.6. The second-order valence-corrected chi connectivity index (χ2v) is 5.34. The summed E-state index contributed by atoms with van der Waals surface area (Å²) in [5, 5.41) is 14.9. The van der Waals surface area contributed by atoms with Crippen molar-refractivity contribution in [2.45, 2.75) is 31.8 Å². The molecule has 2 rings (SSSR count). The van der Waals surface area contributed by atoms with Crippen LogP contribution in [0, 0.1) is 11.3 Å². The van der Waals surface area contributed by atoms with Crippen LogP contribution in [0.15, 0.2) is 18.2 Å². The summed E-state index contributed by atoms with van der Waals surface area (Å²) < 4.78 is 5.55. The summed E-state index contributed by atoms with van der Waals surface area (Å²) in [6.07, 6.45) is 2.70. The van der Waals surface area contributed by atoms with Gasteiger partial charge < -0.3 is 15.4 Å². The zero-order chi connectivity index (χ0) is 15.1. The minimum Gasteiger partial charge on any atom is -0.482 e. The van der Waals surface area contributed by atoms with E-state index in [0.29, 0.717) is 29.9 Å². The molecule has 0 spiro atoms. The standard InChI is InChI=1S/C15H18ClN3O2/c16-13-4-1-3-11(9-19-12-5-6-12)15(13)21-10-14(20)18-8-2-7-17/h1,3-4,12,19H,2,5-6,8-10H2,(H,18,20). The van der Waals surface area contributed by atoms with Gasteiger partial charge in [-0.1, -0.05) is 23.7 Å². The van der Waals surface area contributed by atoms with Crippen LogP contribution in [0.1, 0.15) is 24.8 Å². The SMILES string of the molecule is N#CCCNC(=O)COc1c(Cl)cccc1CNC1CC1. The smallest absolute Gasteiger partial charge is 0.257 e. The molecule has 1 aliphatic carbocycles. The third-order valence-corrected chi connectivity index (χ3v) is 3.41. The van der Waals surface area contributed by atoms with E-state index in [2.05, 4.69) is 10.6 Å². The number of para-hydroxylation sites is 1. The van der Waals surface area contributed by atoms with Gasteiger partial charge in [0.15, 0.2) is 6.61 Å². The highest BCUT2D eigenvalue weighted by atomic mass is 35.5. The van der Waals surface area contributed by atoms with Gasteiger partial charge in [-0.2, -0.15) is 5.26 Å². The van der Waals surface area contributed by atoms with Crippen molar-refractivity contribution in [3.8, 4) is 11.8 Å². The van der Waals surface area contributed by atoms with Crippen molar-refractivity contribution in [2.75, 3.05) is 13.2 Å². The monoisotopic (exact) mass is 307 g/mol. The van der Waals surface area contributed by atoms with Gasteiger partial charge in [0.2, 0.25) is 0 Å². The van der Waals surface area contributed by atoms with E-state index >= 15 is 0 Å². The highest BCUT2D eigenvalue weighted by Gasteiger charge is 2.21. The summed E-state index contributed by atoms with van der Waals surface area (Å²) in [6, 6.07) is 8.10. The van der Waals surface area contributed by atoms with E-state index in [9.17, 15) is 4.79 Å². The zero-order valence-electron chi connectivity index (χ0n) is 11.7. The van der Waals surface area contributed by atoms with E-state index in [1.54, 1.807) is 6.07 Å². The molecule has 0 saturated heterocycles. The normalized spacial score (nSPS) is 13.5. The molecule has 0 aromatic heterocycles. The molecule has 0 atom stereocenters. The molecular formula is C15H18ClN3O2. The maximum atomic E-state index is 11.6. The Morgan fingerprint density at radius 3 is 3.00 bits per heavy atom. The molecule has 1 aromatic carbocycles. The molecule has 1 aromatic rings. The molecule has 5 nitrogen and oxygen atoms in total. The van der Waals surface area contributed by atoms with Crippen molar-refractivity contribution in [1.29, 1.82) is 5.26 Å². The Hall–Kier alpha value is -1.77. The largest absolute Gasteiger partial charge is 0.482 e. The molecule has 0 unspecified atom stereocenters. The number of nitrogens with one attached hydrogen (secondary N) is 2. The van der Waals surface area contributed by atoms with Crippen LogP contribution >= 0.6 is 11.6 Å². The number of carbonyl (C=O) groups is 1. The summed E-state index contributed by atoms with van der Waals surface area (Å²) >= 11 is 6.14. The van der Waals surface area contributed by atoms with Crippen molar-refractivity contribution in [3.05, 3.63) is 28.8 Å². The molecule has 0 radical (unpaired) electrons. The van der Waals surface area contributed by atoms with Gasteiger partial charge in [0.25, 0.3) is 5.91 Å². The van der Waals surface area contributed by atoms with Crippen LogP contribution in [-0.4, -0.2) is 25.1 Å². The quantitative estimate of drug-likeness (QED) is 0.720. The number of rotatable bonds is 8. The lowest BCUT2D eigenvalue weighted by Gasteiger charge is -2.13. The highest BCUT2D eigenvalue weighted by molar-refractivity contribution is 6.32. The molecule has 1 amide bonds. The second-order valence-electron chi connectivity index (χ2n) is 4.93. The van der Waals surface area contributed by atoms with Gasteiger partial charge in [-0.15, -0.1) is 0 Å². The Morgan fingerprint density at radius 2 is 2.29 bits per heavy atom. The molecule has 0 heterocycles. The lowest BCUT2D eigenvalue weighted by atomic mass is 10.2. The Balaban J connectivity index is 1.88. The predicted molar refractivity (Wildman–Crippen MR) is 80.0 cm³/mol. The number of nitriles is 1. The first kappa shape index (κ1) is 15.6. The summed E-state index contributed by atoms with van der Waals surface area (Å²) in [7, 11) is 0. The van der Waals surface area contributed by atoms with E-state index < -0.39 is 0 Å². The number of halogens is 1. The fraction of sp³-hybridized carbons (Fsp3) is 0.467. The van der Waals surface area contributed by atoms with Crippen molar-refractivity contribution >= 4 is 17.5 Å². The fourth-order valence-corrected chi connectivity index (χ4v) is 2.09. The molecular weight excluding hydrogens is 290 g/mol. The average Bonchev–Trinajstić information content (AvgIpc) is 3.28. The van der Waals surface area contributed by atoms with Crippen LogP contribution in [0.25, 0.3) is 0 Å². The lowest BCUT2D eigenvalue weighted by Crippen LogP contribution is -2.29. The summed E-state index contributed by atoms with van der Waals surface area (Å²) in [6.45, 7) is 0.902. The molecule has 0 aliphatic heterocycles. The van der Waals surface area contributed by atoms with E-state index in [1.807, 2.05) is 18.2 Å². The topological polar surface area (TPSA) is 74.2 Å². The molecule has 6 heteroatoms. The molecule has 21 heavy (non-hydrogen) atoms. The van der Waals surface area contributed by atoms with Crippen LogP contribution in [0.2, 0.25) is 5.02 Å². The molecule has 0 bridgehead atoms. The van der Waals surface area contributed by atoms with Gasteiger partial charge in [-0.3, -0.25) is 4.79 Å². The lowest BCUT2D eigenvalue weighted by molar-refractivity contribution is -0.123. The Kier molecular flexibility index (Phi) is 5.85. The minimum atomic E-state index is -0.258. The number of hydrogen-bond acceptors (Lipinski definition) is 4. The Bertz CT molecular complexity index is 538. The number of amides is 1. The molecule has 2 N–H and O–H groups in total. The van der Waals surface area contributed by atoms with Crippen molar-refractivity contribution in [3.63, 3.8) is 0 Å². The third-order valence-electron chi connectivity index (χ3n) is 3.11. The van der Waals surface area contributed by atoms with Gasteiger partial charge in [-0.25, -0.2) is 0 Å². The van der Waals surface area contributed by atoms with Crippen molar-refractivity contribution < 1.29 is 9.53 Å². The zero-order valence-corrected chi connectivity index (χ0v) is 12.4.